The molecule has 112 valence electrons. The number of hydrogen-bond donors (Lipinski definition) is 3. The highest BCUT2D eigenvalue weighted by Crippen LogP contribution is 2.32. The molecule has 1 rings (SSSR count). The van der Waals surface area contributed by atoms with E-state index in [1.54, 1.807) is 0 Å². The van der Waals surface area contributed by atoms with E-state index in [1.807, 2.05) is 0 Å². The average Bonchev–Trinajstić information content (AvgIpc) is 2.42. The molecule has 0 saturated carbocycles. The van der Waals surface area contributed by atoms with Crippen LogP contribution >= 0.6 is 0 Å². The number of unbranched alkanes of at least 4 members (excludes halogenated alkanes) is 6. The topological polar surface area (TPSA) is 69.6 Å². The number of rotatable bonds is 9. The van der Waals surface area contributed by atoms with Gasteiger partial charge in [0.25, 0.3) is 0 Å². The van der Waals surface area contributed by atoms with Gasteiger partial charge >= 0.3 is 0 Å². The van der Waals surface area contributed by atoms with Gasteiger partial charge in [0.2, 0.25) is 5.91 Å². The van der Waals surface area contributed by atoms with E-state index in [2.05, 4.69) is 12.2 Å². The first kappa shape index (κ1) is 16.3. The predicted molar refractivity (Wildman–Crippen MR) is 81.0 cm³/mol. The number of amides is 1. The van der Waals surface area contributed by atoms with Crippen molar-refractivity contribution in [2.45, 2.75) is 58.3 Å². The number of anilines is 1. The van der Waals surface area contributed by atoms with Gasteiger partial charge in [-0.1, -0.05) is 51.5 Å². The van der Waals surface area contributed by atoms with Crippen LogP contribution in [0.5, 0.6) is 11.5 Å². The van der Waals surface area contributed by atoms with Crippen molar-refractivity contribution in [3.05, 3.63) is 18.2 Å². The Bertz CT molecular complexity index is 398. The van der Waals surface area contributed by atoms with Crippen molar-refractivity contribution in [3.63, 3.8) is 0 Å². The standard InChI is InChI=1S/C16H25NO3/c1-2-3-4-5-6-7-8-12-15(20)17-16-13(18)10-9-11-14(16)19/h9-11,18-19H,2-8,12H2,1H3,(H,17,20). The molecule has 0 saturated heterocycles. The van der Waals surface area contributed by atoms with Gasteiger partial charge in [-0.15, -0.1) is 0 Å². The van der Waals surface area contributed by atoms with Crippen LogP contribution in [0, 0.1) is 0 Å². The Morgan fingerprint density at radius 3 is 2.15 bits per heavy atom. The Balaban J connectivity index is 2.21. The van der Waals surface area contributed by atoms with Crippen LogP contribution in [0.1, 0.15) is 58.3 Å². The van der Waals surface area contributed by atoms with Crippen molar-refractivity contribution in [3.8, 4) is 11.5 Å². The largest absolute Gasteiger partial charge is 0.506 e. The molecule has 0 unspecified atom stereocenters. The minimum absolute atomic E-state index is 0.0976. The van der Waals surface area contributed by atoms with E-state index in [-0.39, 0.29) is 23.1 Å². The molecule has 4 heteroatoms. The van der Waals surface area contributed by atoms with Gasteiger partial charge in [-0.2, -0.15) is 0 Å². The lowest BCUT2D eigenvalue weighted by Crippen LogP contribution is -2.11. The van der Waals surface area contributed by atoms with Crippen molar-refractivity contribution >= 4 is 11.6 Å². The van der Waals surface area contributed by atoms with Crippen molar-refractivity contribution in [2.24, 2.45) is 0 Å². The first-order valence-electron chi connectivity index (χ1n) is 7.46. The monoisotopic (exact) mass is 279 g/mol. The lowest BCUT2D eigenvalue weighted by Gasteiger charge is -2.08. The van der Waals surface area contributed by atoms with E-state index in [9.17, 15) is 15.0 Å². The van der Waals surface area contributed by atoms with Crippen LogP contribution in [0.3, 0.4) is 0 Å². The van der Waals surface area contributed by atoms with Crippen molar-refractivity contribution in [2.75, 3.05) is 5.32 Å². The Morgan fingerprint density at radius 2 is 1.55 bits per heavy atom. The molecule has 3 N–H and O–H groups in total. The minimum atomic E-state index is -0.171. The molecule has 20 heavy (non-hydrogen) atoms. The number of phenolic OH excluding ortho intramolecular Hbond substituents is 2. The summed E-state index contributed by atoms with van der Waals surface area (Å²) in [5.74, 6) is -0.397. The zero-order chi connectivity index (χ0) is 14.8. The quantitative estimate of drug-likeness (QED) is 0.469. The van der Waals surface area contributed by atoms with Gasteiger partial charge in [-0.05, 0) is 18.6 Å². The van der Waals surface area contributed by atoms with E-state index in [4.69, 9.17) is 0 Å². The van der Waals surface area contributed by atoms with E-state index in [0.29, 0.717) is 6.42 Å². The number of para-hydroxylation sites is 1. The van der Waals surface area contributed by atoms with Crippen LogP contribution in [0.25, 0.3) is 0 Å². The molecule has 0 aliphatic rings. The molecule has 0 heterocycles. The lowest BCUT2D eigenvalue weighted by molar-refractivity contribution is -0.116. The maximum Gasteiger partial charge on any atom is 0.224 e. The summed E-state index contributed by atoms with van der Waals surface area (Å²) in [4.78, 5) is 11.7. The molecule has 0 bridgehead atoms. The smallest absolute Gasteiger partial charge is 0.224 e. The summed E-state index contributed by atoms with van der Waals surface area (Å²) in [5.41, 5.74) is 0.0976. The first-order chi connectivity index (χ1) is 9.65. The molecular weight excluding hydrogens is 254 g/mol. The zero-order valence-corrected chi connectivity index (χ0v) is 12.2. The second-order valence-electron chi connectivity index (χ2n) is 5.09. The van der Waals surface area contributed by atoms with Gasteiger partial charge in [-0.25, -0.2) is 0 Å². The highest BCUT2D eigenvalue weighted by Gasteiger charge is 2.10. The fourth-order valence-corrected chi connectivity index (χ4v) is 2.10. The molecule has 0 radical (unpaired) electrons. The molecule has 4 nitrogen and oxygen atoms in total. The van der Waals surface area contributed by atoms with Gasteiger partial charge in [0.1, 0.15) is 17.2 Å². The van der Waals surface area contributed by atoms with E-state index in [1.165, 1.54) is 43.9 Å². The molecule has 0 spiro atoms. The summed E-state index contributed by atoms with van der Waals surface area (Å²) < 4.78 is 0. The van der Waals surface area contributed by atoms with E-state index >= 15 is 0 Å². The molecular formula is C16H25NO3. The summed E-state index contributed by atoms with van der Waals surface area (Å²) in [6, 6.07) is 4.39. The van der Waals surface area contributed by atoms with Crippen LogP contribution in [-0.4, -0.2) is 16.1 Å². The Hall–Kier alpha value is -1.71. The third-order valence-corrected chi connectivity index (χ3v) is 3.29. The van der Waals surface area contributed by atoms with Gasteiger partial charge in [0.15, 0.2) is 0 Å². The van der Waals surface area contributed by atoms with Crippen molar-refractivity contribution in [1.29, 1.82) is 0 Å². The van der Waals surface area contributed by atoms with Crippen LogP contribution in [0.4, 0.5) is 5.69 Å². The van der Waals surface area contributed by atoms with Gasteiger partial charge in [0.05, 0.1) is 0 Å². The van der Waals surface area contributed by atoms with Crippen LogP contribution < -0.4 is 5.32 Å². The third kappa shape index (κ3) is 5.95. The molecule has 0 aromatic heterocycles. The fraction of sp³-hybridized carbons (Fsp3) is 0.562. The van der Waals surface area contributed by atoms with Gasteiger partial charge in [-0.3, -0.25) is 4.79 Å². The summed E-state index contributed by atoms with van der Waals surface area (Å²) in [5, 5.41) is 21.7. The molecule has 0 aliphatic carbocycles. The number of aromatic hydroxyl groups is 2. The highest BCUT2D eigenvalue weighted by atomic mass is 16.3. The number of hydrogen-bond acceptors (Lipinski definition) is 3. The summed E-state index contributed by atoms with van der Waals surface area (Å²) in [6.45, 7) is 2.19. The summed E-state index contributed by atoms with van der Waals surface area (Å²) in [7, 11) is 0. The highest BCUT2D eigenvalue weighted by molar-refractivity contribution is 5.93. The van der Waals surface area contributed by atoms with Gasteiger partial charge < -0.3 is 15.5 Å². The number of carbonyl (C=O) groups excluding carboxylic acids is 1. The lowest BCUT2D eigenvalue weighted by atomic mass is 10.1. The molecule has 1 amide bonds. The molecule has 0 fully saturated rings. The maximum atomic E-state index is 11.7. The summed E-state index contributed by atoms with van der Waals surface area (Å²) in [6.07, 6.45) is 8.50. The maximum absolute atomic E-state index is 11.7. The number of carbonyl (C=O) groups is 1. The molecule has 1 aromatic carbocycles. The second-order valence-corrected chi connectivity index (χ2v) is 5.09. The third-order valence-electron chi connectivity index (χ3n) is 3.29. The number of nitrogens with one attached hydrogen (secondary N) is 1. The van der Waals surface area contributed by atoms with Crippen molar-refractivity contribution in [1.82, 2.24) is 0 Å². The SMILES string of the molecule is CCCCCCCCCC(=O)Nc1c(O)cccc1O. The van der Waals surface area contributed by atoms with E-state index < -0.39 is 0 Å². The van der Waals surface area contributed by atoms with Crippen LogP contribution in [-0.2, 0) is 4.79 Å². The minimum Gasteiger partial charge on any atom is -0.506 e. The molecule has 0 aliphatic heterocycles. The predicted octanol–water partition coefficient (Wildman–Crippen LogP) is 4.18. The van der Waals surface area contributed by atoms with Crippen LogP contribution in [0.15, 0.2) is 18.2 Å². The normalized spacial score (nSPS) is 10.4. The second kappa shape index (κ2) is 9.23. The number of phenols is 2. The van der Waals surface area contributed by atoms with Crippen LogP contribution in [0.2, 0.25) is 0 Å². The average molecular weight is 279 g/mol. The first-order valence-corrected chi connectivity index (χ1v) is 7.46. The van der Waals surface area contributed by atoms with E-state index in [0.717, 1.165) is 19.3 Å². The summed E-state index contributed by atoms with van der Waals surface area (Å²) >= 11 is 0. The van der Waals surface area contributed by atoms with Crippen molar-refractivity contribution < 1.29 is 15.0 Å². The van der Waals surface area contributed by atoms with Gasteiger partial charge in [0, 0.05) is 6.42 Å². The Labute approximate surface area is 120 Å². The molecule has 0 atom stereocenters. The molecule has 1 aromatic rings. The zero-order valence-electron chi connectivity index (χ0n) is 12.2. The Morgan fingerprint density at radius 1 is 1.00 bits per heavy atom. The number of benzene rings is 1. The fourth-order valence-electron chi connectivity index (χ4n) is 2.10. The Kier molecular flexibility index (Phi) is 7.55.